The molecule has 3 N–H and O–H groups in total. The topological polar surface area (TPSA) is 250 Å². The van der Waals surface area contributed by atoms with E-state index < -0.39 is 150 Å². The summed E-state index contributed by atoms with van der Waals surface area (Å²) in [4.78, 5) is 173. The number of likely N-dealkylation sites (N-methyl/N-ethyl adjacent to an activating group) is 7. The molecule has 0 radical (unpaired) electrons. The van der Waals surface area contributed by atoms with E-state index >= 15 is 19.2 Å². The van der Waals surface area contributed by atoms with Crippen molar-refractivity contribution in [2.75, 3.05) is 75.5 Å². The zero-order chi connectivity index (χ0) is 71.1. The van der Waals surface area contributed by atoms with Crippen LogP contribution in [-0.4, -0.2) is 239 Å². The first-order valence-corrected chi connectivity index (χ1v) is 35.6. The van der Waals surface area contributed by atoms with Gasteiger partial charge in [0, 0.05) is 73.7 Å². The number of alkyl halides is 4. The summed E-state index contributed by atoms with van der Waals surface area (Å²) in [5.74, 6) is -9.27. The molecule has 0 aromatic heterocycles. The van der Waals surface area contributed by atoms with Crippen molar-refractivity contribution in [1.82, 2.24) is 55.1 Å². The van der Waals surface area contributed by atoms with Crippen LogP contribution in [0.2, 0.25) is 0 Å². The average Bonchev–Trinajstić information content (AvgIpc) is 1.73. The normalized spacial score (nSPS) is 29.8. The first-order chi connectivity index (χ1) is 44.4. The molecule has 95 heavy (non-hydrogen) atoms. The molecule has 5 aliphatic rings. The summed E-state index contributed by atoms with van der Waals surface area (Å²) < 4.78 is 41.5. The third kappa shape index (κ3) is 21.6. The van der Waals surface area contributed by atoms with Gasteiger partial charge < -0.3 is 55.1 Å². The van der Waals surface area contributed by atoms with Crippen molar-refractivity contribution in [2.45, 2.75) is 256 Å². The lowest BCUT2D eigenvalue weighted by atomic mass is 9.79. The summed E-state index contributed by atoms with van der Waals surface area (Å²) in [5.41, 5.74) is -1.49. The minimum atomic E-state index is -4.35. The van der Waals surface area contributed by atoms with Gasteiger partial charge in [-0.25, -0.2) is 0 Å². The zero-order valence-corrected chi connectivity index (χ0v) is 60.4. The number of amides is 11. The lowest BCUT2D eigenvalue weighted by Crippen LogP contribution is -2.65. The molecule has 2 aliphatic heterocycles. The van der Waals surface area contributed by atoms with Gasteiger partial charge in [0.2, 0.25) is 65.0 Å². The van der Waals surface area contributed by atoms with Gasteiger partial charge in [0.05, 0.1) is 25.6 Å². The van der Waals surface area contributed by atoms with Crippen molar-refractivity contribution in [3.63, 3.8) is 0 Å². The van der Waals surface area contributed by atoms with Crippen LogP contribution in [0.1, 0.15) is 197 Å². The smallest absolute Gasteiger partial charge is 0.343 e. The van der Waals surface area contributed by atoms with E-state index in [9.17, 15) is 46.7 Å². The Balaban J connectivity index is 1.59. The van der Waals surface area contributed by atoms with E-state index in [0.29, 0.717) is 70.8 Å². The van der Waals surface area contributed by atoms with Gasteiger partial charge >= 0.3 is 6.18 Å². The van der Waals surface area contributed by atoms with Crippen molar-refractivity contribution in [3.8, 4) is 0 Å². The Morgan fingerprint density at radius 1 is 0.547 bits per heavy atom. The molecule has 5 fully saturated rings. The second kappa shape index (κ2) is 35.7. The molecule has 22 nitrogen and oxygen atoms in total. The van der Waals surface area contributed by atoms with Crippen molar-refractivity contribution in [1.29, 1.82) is 0 Å². The molecule has 11 amide bonds. The summed E-state index contributed by atoms with van der Waals surface area (Å²) >= 11 is 6.50. The average molecular weight is 1370 g/mol. The summed E-state index contributed by atoms with van der Waals surface area (Å²) in [5, 5.41) is 8.80. The number of fused-ring (bicyclic) bond motifs is 1. The quantitative estimate of drug-likeness (QED) is 0.168. The molecule has 0 unspecified atom stereocenters. The molecule has 8 atom stereocenters. The predicted molar refractivity (Wildman–Crippen MR) is 356 cm³/mol. The van der Waals surface area contributed by atoms with E-state index in [1.165, 1.54) is 66.8 Å². The first-order valence-electron chi connectivity index (χ1n) is 35.1. The molecule has 2 saturated heterocycles. The number of nitrogens with zero attached hydrogens (tertiary/aromatic N) is 8. The predicted octanol–water partition coefficient (Wildman–Crippen LogP) is 6.98. The van der Waals surface area contributed by atoms with Gasteiger partial charge in [-0.3, -0.25) is 52.7 Å². The van der Waals surface area contributed by atoms with E-state index in [2.05, 4.69) is 16.0 Å². The molecule has 0 aromatic carbocycles. The van der Waals surface area contributed by atoms with Gasteiger partial charge in [-0.2, -0.15) is 13.2 Å². The zero-order valence-electron chi connectivity index (χ0n) is 59.6. The third-order valence-corrected chi connectivity index (χ3v) is 21.6. The fourth-order valence-electron chi connectivity index (χ4n) is 14.9. The number of piperidine rings is 1. The molecule has 3 saturated carbocycles. The van der Waals surface area contributed by atoms with Gasteiger partial charge in [0.1, 0.15) is 41.8 Å². The molecule has 2 heterocycles. The SMILES string of the molecule is CC[C@H](C)[C@@H]1NC(=O)[C@H](C(C)C)N(C)C(=O)C[C@H]2CCCCN2C(=O)[C@H](CC(C)C)N(C)C(=O)C2(CCCC2)NC(=O)[C@H](CC(C)C)N(C)C(=O)[C@H](CCC2CCC(C(F)(F)F)CC2)NC(=O)CN(C)C(=O)[C@H](CC2CCC(Cl)CC2)N(C)C(=O)CN(C)C(=O)CN(C)C1=O. The molecule has 1 spiro atoms. The fraction of sp³-hybridized carbons (Fsp3) is 0.841. The van der Waals surface area contributed by atoms with Crippen LogP contribution in [0.4, 0.5) is 13.2 Å². The fourth-order valence-corrected chi connectivity index (χ4v) is 15.2. The number of rotatable bonds is 12. The van der Waals surface area contributed by atoms with Crippen molar-refractivity contribution in [3.05, 3.63) is 0 Å². The van der Waals surface area contributed by atoms with E-state index in [4.69, 9.17) is 11.6 Å². The molecule has 3 aliphatic carbocycles. The molecule has 26 heteroatoms. The number of carbonyl (C=O) groups excluding carboxylic acids is 11. The lowest BCUT2D eigenvalue weighted by molar-refractivity contribution is -0.184. The standard InChI is InChI=1S/C69H115ClF3N11O11/c1-16-45(8)59-66(94)79(11)40-57(87)77(9)41-58(88)80(12)54(37-47-24-29-49(70)30-25-47)64(92)78(10)39-55(85)74-51(31-26-46-22-27-48(28-23-46)69(71,72)73)63(91)81(13)52(35-42(2)3)61(89)76-68(32-18-19-33-68)67(95)82(14)53(36-43(4)5)65(93)84-34-20-17-21-50(84)38-56(86)83(15)60(44(6)7)62(90)75-59/h42-54,59-60H,16-41H2,1-15H3,(H,74,85)(H,75,90)(H,76,89)/t45-,46?,47?,48?,49?,50+,51-,52-,53-,54-,59-,60-/m0/s1. The maximum absolute atomic E-state index is 15.5. The largest absolute Gasteiger partial charge is 0.391 e. The van der Waals surface area contributed by atoms with Crippen LogP contribution in [0.15, 0.2) is 0 Å². The van der Waals surface area contributed by atoms with Gasteiger partial charge in [0.15, 0.2) is 0 Å². The highest BCUT2D eigenvalue weighted by Gasteiger charge is 2.50. The van der Waals surface area contributed by atoms with E-state index in [-0.39, 0.29) is 112 Å². The Kier molecular flexibility index (Phi) is 30.0. The number of carbonyl (C=O) groups is 11. The van der Waals surface area contributed by atoms with Crippen LogP contribution >= 0.6 is 11.6 Å². The molecule has 5 rings (SSSR count). The van der Waals surface area contributed by atoms with Crippen LogP contribution < -0.4 is 16.0 Å². The minimum Gasteiger partial charge on any atom is -0.343 e. The maximum atomic E-state index is 15.5. The van der Waals surface area contributed by atoms with Gasteiger partial charge in [0.25, 0.3) is 0 Å². The molecular formula is C69H115ClF3N11O11. The molecule has 0 aromatic rings. The number of hydrogen-bond donors (Lipinski definition) is 3. The Morgan fingerprint density at radius 2 is 1.12 bits per heavy atom. The van der Waals surface area contributed by atoms with Crippen molar-refractivity contribution in [2.24, 2.45) is 41.4 Å². The lowest BCUT2D eigenvalue weighted by Gasteiger charge is -2.43. The Bertz CT molecular complexity index is 2660. The molecule has 0 bridgehead atoms. The highest BCUT2D eigenvalue weighted by molar-refractivity contribution is 6.20. The Hall–Kier alpha value is -5.75. The number of hydrogen-bond acceptors (Lipinski definition) is 11. The summed E-state index contributed by atoms with van der Waals surface area (Å²) in [6.07, 6.45) is 3.14. The van der Waals surface area contributed by atoms with Gasteiger partial charge in [-0.05, 0) is 151 Å². The van der Waals surface area contributed by atoms with E-state index in [0.717, 1.165) is 9.80 Å². The van der Waals surface area contributed by atoms with Gasteiger partial charge in [-0.15, -0.1) is 11.6 Å². The monoisotopic (exact) mass is 1370 g/mol. The summed E-state index contributed by atoms with van der Waals surface area (Å²) in [7, 11) is 10.2. The van der Waals surface area contributed by atoms with E-state index in [1.54, 1.807) is 32.7 Å². The molecule has 540 valence electrons. The second-order valence-electron chi connectivity index (χ2n) is 29.9. The van der Waals surface area contributed by atoms with Crippen molar-refractivity contribution >= 4 is 76.6 Å². The van der Waals surface area contributed by atoms with Gasteiger partial charge in [-0.1, -0.05) is 74.7 Å². The van der Waals surface area contributed by atoms with E-state index in [1.807, 2.05) is 34.6 Å². The number of nitrogens with one attached hydrogen (secondary N) is 3. The van der Waals surface area contributed by atoms with Crippen molar-refractivity contribution < 1.29 is 65.9 Å². The van der Waals surface area contributed by atoms with Crippen LogP contribution in [0.3, 0.4) is 0 Å². The maximum Gasteiger partial charge on any atom is 0.391 e. The second-order valence-corrected chi connectivity index (χ2v) is 30.5. The third-order valence-electron chi connectivity index (χ3n) is 21.2. The van der Waals surface area contributed by atoms with Crippen LogP contribution in [0.25, 0.3) is 0 Å². The van der Waals surface area contributed by atoms with Crippen LogP contribution in [-0.2, 0) is 52.7 Å². The Morgan fingerprint density at radius 3 is 1.68 bits per heavy atom. The highest BCUT2D eigenvalue weighted by atomic mass is 35.5. The van der Waals surface area contributed by atoms with Crippen LogP contribution in [0, 0.1) is 41.4 Å². The molecular weight excluding hydrogens is 1250 g/mol. The summed E-state index contributed by atoms with van der Waals surface area (Å²) in [6.45, 7) is 13.5. The van der Waals surface area contributed by atoms with Crippen LogP contribution in [0.5, 0.6) is 0 Å². The highest BCUT2D eigenvalue weighted by Crippen LogP contribution is 2.41. The Labute approximate surface area is 568 Å². The first kappa shape index (κ1) is 79.9. The number of halogens is 4. The summed E-state index contributed by atoms with van der Waals surface area (Å²) in [6, 6.07) is -7.49. The minimum absolute atomic E-state index is 0.0159.